The molecule has 2 aromatic rings. The fourth-order valence-corrected chi connectivity index (χ4v) is 3.35. The van der Waals surface area contributed by atoms with Crippen molar-refractivity contribution < 1.29 is 14.8 Å². The number of nitro groups is 1. The van der Waals surface area contributed by atoms with E-state index in [4.69, 9.17) is 4.74 Å². The number of hydrogen-bond acceptors (Lipinski definition) is 5. The summed E-state index contributed by atoms with van der Waals surface area (Å²) in [6.07, 6.45) is 1.75. The number of aryl methyl sites for hydroxylation is 1. The average molecular weight is 328 g/mol. The van der Waals surface area contributed by atoms with Crippen LogP contribution in [0.3, 0.4) is 0 Å². The number of ether oxygens (including phenoxy) is 1. The molecular weight excluding hydrogens is 308 g/mol. The summed E-state index contributed by atoms with van der Waals surface area (Å²) >= 11 is 0. The van der Waals surface area contributed by atoms with E-state index in [1.165, 1.54) is 18.7 Å². The van der Waals surface area contributed by atoms with Gasteiger partial charge in [0.05, 0.1) is 24.2 Å². The van der Waals surface area contributed by atoms with Crippen LogP contribution in [-0.4, -0.2) is 23.7 Å². The van der Waals surface area contributed by atoms with Crippen molar-refractivity contribution in [2.75, 3.05) is 13.7 Å². The Hall–Kier alpha value is -2.44. The van der Waals surface area contributed by atoms with Crippen LogP contribution in [0.5, 0.6) is 5.75 Å². The number of fused-ring (bicyclic) bond motifs is 1. The minimum atomic E-state index is -0.467. The molecule has 2 aromatic carbocycles. The maximum atomic E-state index is 11.0. The average Bonchev–Trinajstić information content (AvgIpc) is 2.99. The van der Waals surface area contributed by atoms with Crippen molar-refractivity contribution in [3.05, 3.63) is 69.3 Å². The quantitative estimate of drug-likeness (QED) is 0.629. The zero-order valence-corrected chi connectivity index (χ0v) is 13.5. The van der Waals surface area contributed by atoms with Crippen molar-refractivity contribution >= 4 is 5.69 Å². The van der Waals surface area contributed by atoms with Crippen LogP contribution in [-0.2, 0) is 18.5 Å². The summed E-state index contributed by atoms with van der Waals surface area (Å²) in [5.74, 6) is 0.240. The first-order valence-electron chi connectivity index (χ1n) is 7.85. The van der Waals surface area contributed by atoms with Crippen LogP contribution in [0.2, 0.25) is 0 Å². The van der Waals surface area contributed by atoms with Gasteiger partial charge in [-0.2, -0.15) is 0 Å². The maximum absolute atomic E-state index is 11.0. The first-order chi connectivity index (χ1) is 11.6. The molecule has 0 fully saturated rings. The predicted molar refractivity (Wildman–Crippen MR) is 90.0 cm³/mol. The van der Waals surface area contributed by atoms with Gasteiger partial charge in [0.15, 0.2) is 5.75 Å². The van der Waals surface area contributed by atoms with E-state index in [0.717, 1.165) is 24.0 Å². The first-order valence-corrected chi connectivity index (χ1v) is 7.85. The Balaban J connectivity index is 1.81. The third-order valence-corrected chi connectivity index (χ3v) is 4.70. The SMILES string of the molecule is COc1cc(CNC2(CO)CCc3ccccc32)ccc1[N+](=O)[O-]. The second-order valence-corrected chi connectivity index (χ2v) is 6.01. The number of nitro benzene ring substituents is 1. The first kappa shape index (κ1) is 16.4. The minimum Gasteiger partial charge on any atom is -0.490 e. The number of nitrogens with one attached hydrogen (secondary N) is 1. The summed E-state index contributed by atoms with van der Waals surface area (Å²) < 4.78 is 5.11. The van der Waals surface area contributed by atoms with E-state index in [9.17, 15) is 15.2 Å². The smallest absolute Gasteiger partial charge is 0.310 e. The molecule has 0 spiro atoms. The van der Waals surface area contributed by atoms with E-state index in [0.29, 0.717) is 6.54 Å². The van der Waals surface area contributed by atoms with E-state index in [-0.39, 0.29) is 18.0 Å². The van der Waals surface area contributed by atoms with Gasteiger partial charge in [-0.15, -0.1) is 0 Å². The zero-order chi connectivity index (χ0) is 17.2. The van der Waals surface area contributed by atoms with Gasteiger partial charge >= 0.3 is 5.69 Å². The molecule has 0 amide bonds. The topological polar surface area (TPSA) is 84.6 Å². The second-order valence-electron chi connectivity index (χ2n) is 6.01. The lowest BCUT2D eigenvalue weighted by Crippen LogP contribution is -2.43. The molecule has 0 bridgehead atoms. The Bertz CT molecular complexity index is 762. The number of nitrogens with zero attached hydrogens (tertiary/aromatic N) is 1. The third kappa shape index (κ3) is 2.86. The molecule has 0 saturated heterocycles. The van der Waals surface area contributed by atoms with Crippen molar-refractivity contribution in [1.82, 2.24) is 5.32 Å². The van der Waals surface area contributed by atoms with E-state index < -0.39 is 10.5 Å². The van der Waals surface area contributed by atoms with Gasteiger partial charge in [-0.1, -0.05) is 30.3 Å². The van der Waals surface area contributed by atoms with Crippen LogP contribution < -0.4 is 10.1 Å². The van der Waals surface area contributed by atoms with E-state index in [1.807, 2.05) is 18.2 Å². The van der Waals surface area contributed by atoms with Crippen LogP contribution in [0.1, 0.15) is 23.1 Å². The molecule has 1 aliphatic rings. The number of aliphatic hydroxyl groups is 1. The molecule has 0 aromatic heterocycles. The molecule has 0 saturated carbocycles. The lowest BCUT2D eigenvalue weighted by molar-refractivity contribution is -0.385. The maximum Gasteiger partial charge on any atom is 0.310 e. The number of methoxy groups -OCH3 is 1. The molecule has 0 radical (unpaired) electrons. The Morgan fingerprint density at radius 3 is 2.83 bits per heavy atom. The standard InChI is InChI=1S/C18H20N2O4/c1-24-17-10-13(6-7-16(17)20(22)23)11-19-18(12-21)9-8-14-4-2-3-5-15(14)18/h2-7,10,19,21H,8-9,11-12H2,1H3. The highest BCUT2D eigenvalue weighted by Crippen LogP contribution is 2.37. The van der Waals surface area contributed by atoms with E-state index in [2.05, 4.69) is 11.4 Å². The van der Waals surface area contributed by atoms with Crippen molar-refractivity contribution in [3.8, 4) is 5.75 Å². The molecule has 1 aliphatic carbocycles. The summed E-state index contributed by atoms with van der Waals surface area (Å²) in [4.78, 5) is 10.5. The number of benzene rings is 2. The molecule has 126 valence electrons. The van der Waals surface area contributed by atoms with Gasteiger partial charge in [-0.25, -0.2) is 0 Å². The lowest BCUT2D eigenvalue weighted by atomic mass is 9.92. The third-order valence-electron chi connectivity index (χ3n) is 4.70. The van der Waals surface area contributed by atoms with Crippen molar-refractivity contribution in [1.29, 1.82) is 0 Å². The fourth-order valence-electron chi connectivity index (χ4n) is 3.35. The van der Waals surface area contributed by atoms with Crippen LogP contribution in [0.4, 0.5) is 5.69 Å². The van der Waals surface area contributed by atoms with Crippen LogP contribution in [0.25, 0.3) is 0 Å². The molecule has 0 aliphatic heterocycles. The van der Waals surface area contributed by atoms with Crippen molar-refractivity contribution in [3.63, 3.8) is 0 Å². The van der Waals surface area contributed by atoms with Gasteiger partial charge in [0.1, 0.15) is 0 Å². The molecule has 2 N–H and O–H groups in total. The van der Waals surface area contributed by atoms with Gasteiger partial charge in [-0.3, -0.25) is 10.1 Å². The monoisotopic (exact) mass is 328 g/mol. The van der Waals surface area contributed by atoms with Crippen molar-refractivity contribution in [2.45, 2.75) is 24.9 Å². The summed E-state index contributed by atoms with van der Waals surface area (Å²) in [5, 5.41) is 24.4. The van der Waals surface area contributed by atoms with Gasteiger partial charge in [0.25, 0.3) is 0 Å². The number of rotatable bonds is 6. The Labute approximate surface area is 140 Å². The molecular formula is C18H20N2O4. The minimum absolute atomic E-state index is 0.00807. The van der Waals surface area contributed by atoms with Gasteiger partial charge < -0.3 is 15.2 Å². The summed E-state index contributed by atoms with van der Waals surface area (Å²) in [7, 11) is 1.42. The normalized spacial score (nSPS) is 19.1. The molecule has 1 unspecified atom stereocenters. The molecule has 6 heteroatoms. The van der Waals surface area contributed by atoms with Crippen LogP contribution in [0, 0.1) is 10.1 Å². The van der Waals surface area contributed by atoms with E-state index in [1.54, 1.807) is 12.1 Å². The summed E-state index contributed by atoms with van der Waals surface area (Å²) in [6, 6.07) is 12.9. The summed E-state index contributed by atoms with van der Waals surface area (Å²) in [5.41, 5.74) is 2.73. The van der Waals surface area contributed by atoms with Gasteiger partial charge in [0.2, 0.25) is 0 Å². The van der Waals surface area contributed by atoms with Crippen LogP contribution in [0.15, 0.2) is 42.5 Å². The summed E-state index contributed by atoms with van der Waals surface area (Å²) in [6.45, 7) is 0.497. The molecule has 1 atom stereocenters. The second kappa shape index (κ2) is 6.59. The number of hydrogen-bond donors (Lipinski definition) is 2. The fraction of sp³-hybridized carbons (Fsp3) is 0.333. The molecule has 0 heterocycles. The Morgan fingerprint density at radius 2 is 2.12 bits per heavy atom. The Kier molecular flexibility index (Phi) is 4.51. The van der Waals surface area contributed by atoms with Crippen LogP contribution >= 0.6 is 0 Å². The van der Waals surface area contributed by atoms with Gasteiger partial charge in [-0.05, 0) is 35.6 Å². The highest BCUT2D eigenvalue weighted by Gasteiger charge is 2.37. The Morgan fingerprint density at radius 1 is 1.33 bits per heavy atom. The van der Waals surface area contributed by atoms with E-state index >= 15 is 0 Å². The molecule has 24 heavy (non-hydrogen) atoms. The number of aliphatic hydroxyl groups excluding tert-OH is 1. The largest absolute Gasteiger partial charge is 0.490 e. The molecule has 3 rings (SSSR count). The van der Waals surface area contributed by atoms with Crippen molar-refractivity contribution in [2.24, 2.45) is 0 Å². The predicted octanol–water partition coefficient (Wildman–Crippen LogP) is 2.53. The molecule has 6 nitrogen and oxygen atoms in total. The lowest BCUT2D eigenvalue weighted by Gasteiger charge is -2.30. The highest BCUT2D eigenvalue weighted by molar-refractivity contribution is 5.48. The zero-order valence-electron chi connectivity index (χ0n) is 13.5. The highest BCUT2D eigenvalue weighted by atomic mass is 16.6. The van der Waals surface area contributed by atoms with Gasteiger partial charge in [0, 0.05) is 12.6 Å².